The maximum absolute atomic E-state index is 11.6. The van der Waals surface area contributed by atoms with Crippen LogP contribution in [-0.2, 0) is 16.9 Å². The molecule has 2 rings (SSSR count). The number of rotatable bonds is 4. The van der Waals surface area contributed by atoms with Crippen molar-refractivity contribution in [3.63, 3.8) is 0 Å². The van der Waals surface area contributed by atoms with Gasteiger partial charge in [-0.2, -0.15) is 11.8 Å². The van der Waals surface area contributed by atoms with Gasteiger partial charge in [-0.1, -0.05) is 0 Å². The van der Waals surface area contributed by atoms with E-state index < -0.39 is 11.7 Å². The number of anilines is 1. The highest BCUT2D eigenvalue weighted by atomic mass is 32.2. The van der Waals surface area contributed by atoms with E-state index in [9.17, 15) is 4.79 Å². The molecule has 0 spiro atoms. The first-order valence-corrected chi connectivity index (χ1v) is 8.61. The molecule has 1 amide bonds. The molecule has 0 aromatic carbocycles. The van der Waals surface area contributed by atoms with Crippen LogP contribution in [0.1, 0.15) is 32.0 Å². The van der Waals surface area contributed by atoms with Crippen LogP contribution >= 0.6 is 11.8 Å². The van der Waals surface area contributed by atoms with Gasteiger partial charge in [0, 0.05) is 37.7 Å². The first kappa shape index (κ1) is 16.9. The summed E-state index contributed by atoms with van der Waals surface area (Å²) in [5, 5.41) is 2.74. The Bertz CT molecular complexity index is 531. The van der Waals surface area contributed by atoms with Gasteiger partial charge in [0.15, 0.2) is 0 Å². The topological polar surface area (TPSA) is 67.4 Å². The number of aromatic nitrogens is 2. The summed E-state index contributed by atoms with van der Waals surface area (Å²) in [4.78, 5) is 22.6. The third-order valence-electron chi connectivity index (χ3n) is 3.14. The predicted octanol–water partition coefficient (Wildman–Crippen LogP) is 2.23. The van der Waals surface area contributed by atoms with Crippen molar-refractivity contribution in [3.8, 4) is 0 Å². The Morgan fingerprint density at radius 1 is 1.50 bits per heavy atom. The molecule has 2 heterocycles. The van der Waals surface area contributed by atoms with Gasteiger partial charge in [0.05, 0.1) is 5.69 Å². The first-order chi connectivity index (χ1) is 10.3. The lowest BCUT2D eigenvalue weighted by Crippen LogP contribution is -2.37. The van der Waals surface area contributed by atoms with Crippen LogP contribution in [0, 0.1) is 0 Å². The molecule has 0 fully saturated rings. The highest BCUT2D eigenvalue weighted by Crippen LogP contribution is 2.23. The van der Waals surface area contributed by atoms with Gasteiger partial charge in [0.25, 0.3) is 0 Å². The van der Waals surface area contributed by atoms with Crippen molar-refractivity contribution >= 4 is 23.8 Å². The Morgan fingerprint density at radius 2 is 2.27 bits per heavy atom. The average molecular weight is 324 g/mol. The predicted molar refractivity (Wildman–Crippen MR) is 89.4 cm³/mol. The summed E-state index contributed by atoms with van der Waals surface area (Å²) in [6.45, 7) is 6.66. The molecule has 0 aliphatic carbocycles. The van der Waals surface area contributed by atoms with Gasteiger partial charge in [-0.25, -0.2) is 14.8 Å². The number of carbonyl (C=O) groups excluding carboxylic acids is 1. The number of alkyl carbamates (subject to hydrolysis) is 1. The standard InChI is InChI=1S/C15H24N4O2S/c1-15(2,3)21-14(20)16-6-7-19(4)13-17-9-11-10-22-8-5-12(11)18-13/h9H,5-8,10H2,1-4H3,(H,16,20). The molecule has 22 heavy (non-hydrogen) atoms. The second-order valence-electron chi connectivity index (χ2n) is 6.29. The van der Waals surface area contributed by atoms with Gasteiger partial charge in [0.2, 0.25) is 5.95 Å². The lowest BCUT2D eigenvalue weighted by atomic mass is 10.2. The van der Waals surface area contributed by atoms with E-state index in [0.29, 0.717) is 19.0 Å². The van der Waals surface area contributed by atoms with Crippen LogP contribution < -0.4 is 10.2 Å². The quantitative estimate of drug-likeness (QED) is 0.916. The van der Waals surface area contributed by atoms with Crippen molar-refractivity contribution in [2.24, 2.45) is 0 Å². The van der Waals surface area contributed by atoms with Gasteiger partial charge in [-0.05, 0) is 32.9 Å². The van der Waals surface area contributed by atoms with Gasteiger partial charge < -0.3 is 15.0 Å². The average Bonchev–Trinajstić information content (AvgIpc) is 2.44. The number of nitrogens with zero attached hydrogens (tertiary/aromatic N) is 3. The van der Waals surface area contributed by atoms with Crippen LogP contribution in [0.3, 0.4) is 0 Å². The molecule has 0 saturated carbocycles. The Labute approximate surface area is 136 Å². The first-order valence-electron chi connectivity index (χ1n) is 7.46. The molecule has 0 saturated heterocycles. The third-order valence-corrected chi connectivity index (χ3v) is 4.15. The number of likely N-dealkylation sites (N-methyl/N-ethyl adjacent to an activating group) is 1. The molecule has 0 atom stereocenters. The monoisotopic (exact) mass is 324 g/mol. The molecule has 122 valence electrons. The molecular weight excluding hydrogens is 300 g/mol. The zero-order valence-electron chi connectivity index (χ0n) is 13.7. The number of aryl methyl sites for hydroxylation is 1. The number of fused-ring (bicyclic) bond motifs is 1. The lowest BCUT2D eigenvalue weighted by Gasteiger charge is -2.22. The molecule has 7 heteroatoms. The number of amides is 1. The molecule has 1 aromatic rings. The molecule has 0 unspecified atom stereocenters. The zero-order chi connectivity index (χ0) is 16.2. The molecule has 0 radical (unpaired) electrons. The van der Waals surface area contributed by atoms with E-state index in [-0.39, 0.29) is 0 Å². The number of hydrogen-bond donors (Lipinski definition) is 1. The number of ether oxygens (including phenoxy) is 1. The van der Waals surface area contributed by atoms with Crippen LogP contribution in [-0.4, -0.2) is 47.6 Å². The summed E-state index contributed by atoms with van der Waals surface area (Å²) in [5.74, 6) is 2.82. The molecule has 1 aliphatic heterocycles. The van der Waals surface area contributed by atoms with Crippen molar-refractivity contribution < 1.29 is 9.53 Å². The van der Waals surface area contributed by atoms with Gasteiger partial charge >= 0.3 is 6.09 Å². The minimum atomic E-state index is -0.477. The second-order valence-corrected chi connectivity index (χ2v) is 7.40. The van der Waals surface area contributed by atoms with Gasteiger partial charge in [-0.15, -0.1) is 0 Å². The van der Waals surface area contributed by atoms with Crippen molar-refractivity contribution in [1.82, 2.24) is 15.3 Å². The number of nitrogens with one attached hydrogen (secondary N) is 1. The van der Waals surface area contributed by atoms with Crippen molar-refractivity contribution in [2.75, 3.05) is 30.8 Å². The number of thioether (sulfide) groups is 1. The maximum atomic E-state index is 11.6. The van der Waals surface area contributed by atoms with Crippen LogP contribution in [0.15, 0.2) is 6.20 Å². The molecule has 1 aromatic heterocycles. The maximum Gasteiger partial charge on any atom is 0.407 e. The fraction of sp³-hybridized carbons (Fsp3) is 0.667. The fourth-order valence-corrected chi connectivity index (χ4v) is 2.99. The zero-order valence-corrected chi connectivity index (χ0v) is 14.5. The SMILES string of the molecule is CN(CCNC(=O)OC(C)(C)C)c1ncc2c(n1)CCSC2. The second kappa shape index (κ2) is 7.17. The normalized spacial score (nSPS) is 14.2. The Hall–Kier alpha value is -1.50. The fourth-order valence-electron chi connectivity index (χ4n) is 2.04. The highest BCUT2D eigenvalue weighted by Gasteiger charge is 2.16. The minimum absolute atomic E-state index is 0.399. The summed E-state index contributed by atoms with van der Waals surface area (Å²) in [7, 11) is 1.93. The van der Waals surface area contributed by atoms with E-state index in [1.54, 1.807) is 0 Å². The Balaban J connectivity index is 1.82. The lowest BCUT2D eigenvalue weighted by molar-refractivity contribution is 0.0529. The Kier molecular flexibility index (Phi) is 5.50. The summed E-state index contributed by atoms with van der Waals surface area (Å²) >= 11 is 1.92. The number of carbonyl (C=O) groups is 1. The van der Waals surface area contributed by atoms with Crippen LogP contribution in [0.2, 0.25) is 0 Å². The van der Waals surface area contributed by atoms with E-state index in [4.69, 9.17) is 4.74 Å². The van der Waals surface area contributed by atoms with E-state index >= 15 is 0 Å². The number of hydrogen-bond acceptors (Lipinski definition) is 6. The Morgan fingerprint density at radius 3 is 3.00 bits per heavy atom. The summed E-state index contributed by atoms with van der Waals surface area (Å²) in [6, 6.07) is 0. The van der Waals surface area contributed by atoms with Crippen molar-refractivity contribution in [2.45, 2.75) is 38.5 Å². The summed E-state index contributed by atoms with van der Waals surface area (Å²) in [6.07, 6.45) is 2.52. The van der Waals surface area contributed by atoms with Crippen molar-refractivity contribution in [1.29, 1.82) is 0 Å². The molecule has 1 aliphatic rings. The van der Waals surface area contributed by atoms with E-state index in [0.717, 1.165) is 23.6 Å². The van der Waals surface area contributed by atoms with Gasteiger partial charge in [-0.3, -0.25) is 0 Å². The highest BCUT2D eigenvalue weighted by molar-refractivity contribution is 7.98. The third kappa shape index (κ3) is 5.05. The molecular formula is C15H24N4O2S. The van der Waals surface area contributed by atoms with Crippen LogP contribution in [0.4, 0.5) is 10.7 Å². The van der Waals surface area contributed by atoms with Crippen LogP contribution in [0.25, 0.3) is 0 Å². The largest absolute Gasteiger partial charge is 0.444 e. The van der Waals surface area contributed by atoms with Gasteiger partial charge in [0.1, 0.15) is 5.60 Å². The van der Waals surface area contributed by atoms with E-state index in [1.807, 2.05) is 50.7 Å². The van der Waals surface area contributed by atoms with Crippen LogP contribution in [0.5, 0.6) is 0 Å². The minimum Gasteiger partial charge on any atom is -0.444 e. The molecule has 1 N–H and O–H groups in total. The van der Waals surface area contributed by atoms with E-state index in [1.165, 1.54) is 5.56 Å². The summed E-state index contributed by atoms with van der Waals surface area (Å²) in [5.41, 5.74) is 1.91. The van der Waals surface area contributed by atoms with Crippen molar-refractivity contribution in [3.05, 3.63) is 17.5 Å². The van der Waals surface area contributed by atoms with E-state index in [2.05, 4.69) is 15.3 Å². The smallest absolute Gasteiger partial charge is 0.407 e. The molecule has 0 bridgehead atoms. The summed E-state index contributed by atoms with van der Waals surface area (Å²) < 4.78 is 5.20. The molecule has 6 nitrogen and oxygen atoms in total.